The molecule has 0 saturated heterocycles. The molecule has 0 bridgehead atoms. The van der Waals surface area contributed by atoms with Crippen LogP contribution in [0, 0.1) is 5.82 Å². The molecule has 1 aromatic rings. The Balaban J connectivity index is 2.63. The Kier molecular flexibility index (Phi) is 5.55. The number of aliphatic hydroxyl groups is 1. The number of rotatable bonds is 6. The summed E-state index contributed by atoms with van der Waals surface area (Å²) in [5, 5.41) is 9.34. The van der Waals surface area contributed by atoms with Crippen molar-refractivity contribution in [2.24, 2.45) is 5.73 Å². The van der Waals surface area contributed by atoms with Crippen LogP contribution in [0.15, 0.2) is 24.3 Å². The van der Waals surface area contributed by atoms with Gasteiger partial charge in [0.25, 0.3) is 0 Å². The van der Waals surface area contributed by atoms with Gasteiger partial charge in [-0.1, -0.05) is 19.1 Å². The van der Waals surface area contributed by atoms with E-state index in [1.54, 1.807) is 12.1 Å². The first-order valence-corrected chi connectivity index (χ1v) is 5.89. The van der Waals surface area contributed by atoms with Crippen LogP contribution in [-0.4, -0.2) is 35.7 Å². The molecule has 3 nitrogen and oxygen atoms in total. The fourth-order valence-electron chi connectivity index (χ4n) is 1.87. The van der Waals surface area contributed by atoms with Gasteiger partial charge in [0, 0.05) is 18.6 Å². The minimum absolute atomic E-state index is 0.0344. The van der Waals surface area contributed by atoms with Gasteiger partial charge in [-0.25, -0.2) is 4.39 Å². The van der Waals surface area contributed by atoms with Gasteiger partial charge in [-0.05, 0) is 31.2 Å². The first kappa shape index (κ1) is 14.1. The molecule has 2 unspecified atom stereocenters. The summed E-state index contributed by atoms with van der Waals surface area (Å²) in [6, 6.07) is 6.26. The van der Waals surface area contributed by atoms with E-state index in [4.69, 9.17) is 5.73 Å². The maximum absolute atomic E-state index is 12.8. The summed E-state index contributed by atoms with van der Waals surface area (Å²) >= 11 is 0. The Hall–Kier alpha value is -0.970. The first-order chi connectivity index (χ1) is 8.08. The lowest BCUT2D eigenvalue weighted by Crippen LogP contribution is -2.47. The summed E-state index contributed by atoms with van der Waals surface area (Å²) in [6.07, 6.45) is 0.818. The number of likely N-dealkylation sites (N-methyl/N-ethyl adjacent to an activating group) is 1. The lowest BCUT2D eigenvalue weighted by atomic mass is 10.1. The highest BCUT2D eigenvalue weighted by molar-refractivity contribution is 5.16. The summed E-state index contributed by atoms with van der Waals surface area (Å²) in [5.74, 6) is -0.236. The molecule has 1 aromatic carbocycles. The Labute approximate surface area is 102 Å². The average molecular weight is 240 g/mol. The second-order valence-corrected chi connectivity index (χ2v) is 4.36. The quantitative estimate of drug-likeness (QED) is 0.789. The summed E-state index contributed by atoms with van der Waals surface area (Å²) < 4.78 is 12.8. The van der Waals surface area contributed by atoms with E-state index in [0.29, 0.717) is 6.54 Å². The number of hydrogen-bond acceptors (Lipinski definition) is 3. The van der Waals surface area contributed by atoms with Crippen molar-refractivity contribution in [2.45, 2.75) is 32.0 Å². The Morgan fingerprint density at radius 1 is 1.35 bits per heavy atom. The highest BCUT2D eigenvalue weighted by Gasteiger charge is 2.20. The van der Waals surface area contributed by atoms with Gasteiger partial charge in [-0.15, -0.1) is 0 Å². The maximum atomic E-state index is 12.8. The van der Waals surface area contributed by atoms with Gasteiger partial charge in [0.2, 0.25) is 0 Å². The van der Waals surface area contributed by atoms with E-state index in [9.17, 15) is 9.50 Å². The molecule has 96 valence electrons. The van der Waals surface area contributed by atoms with Gasteiger partial charge in [0.15, 0.2) is 0 Å². The summed E-state index contributed by atoms with van der Waals surface area (Å²) in [5.41, 5.74) is 6.95. The monoisotopic (exact) mass is 240 g/mol. The van der Waals surface area contributed by atoms with Crippen molar-refractivity contribution in [3.8, 4) is 0 Å². The number of halogens is 1. The normalized spacial score (nSPS) is 14.9. The van der Waals surface area contributed by atoms with Gasteiger partial charge >= 0.3 is 0 Å². The number of nitrogens with zero attached hydrogens (tertiary/aromatic N) is 1. The van der Waals surface area contributed by atoms with Gasteiger partial charge in [0.05, 0.1) is 6.61 Å². The number of benzene rings is 1. The molecular formula is C13H21FN2O. The smallest absolute Gasteiger partial charge is 0.123 e. The molecule has 2 atom stereocenters. The van der Waals surface area contributed by atoms with Crippen LogP contribution in [0.5, 0.6) is 0 Å². The van der Waals surface area contributed by atoms with Crippen LogP contribution < -0.4 is 5.73 Å². The molecule has 17 heavy (non-hydrogen) atoms. The molecule has 0 aromatic heterocycles. The third-order valence-corrected chi connectivity index (χ3v) is 3.06. The predicted octanol–water partition coefficient (Wildman–Crippen LogP) is 1.36. The van der Waals surface area contributed by atoms with E-state index >= 15 is 0 Å². The lowest BCUT2D eigenvalue weighted by molar-refractivity contribution is 0.120. The molecule has 0 saturated carbocycles. The minimum Gasteiger partial charge on any atom is -0.395 e. The molecule has 0 heterocycles. The third kappa shape index (κ3) is 4.07. The zero-order valence-electron chi connectivity index (χ0n) is 10.4. The van der Waals surface area contributed by atoms with E-state index < -0.39 is 0 Å². The SMILES string of the molecule is CCC(N)C(CO)N(C)Cc1ccc(F)cc1. The largest absolute Gasteiger partial charge is 0.395 e. The predicted molar refractivity (Wildman–Crippen MR) is 67.0 cm³/mol. The molecule has 3 N–H and O–H groups in total. The molecule has 0 aliphatic heterocycles. The second kappa shape index (κ2) is 6.69. The van der Waals surface area contributed by atoms with Crippen molar-refractivity contribution < 1.29 is 9.50 Å². The maximum Gasteiger partial charge on any atom is 0.123 e. The van der Waals surface area contributed by atoms with Crippen molar-refractivity contribution >= 4 is 0 Å². The summed E-state index contributed by atoms with van der Waals surface area (Å²) in [4.78, 5) is 2.00. The second-order valence-electron chi connectivity index (χ2n) is 4.36. The molecule has 0 aliphatic carbocycles. The molecule has 0 radical (unpaired) electrons. The Morgan fingerprint density at radius 2 is 1.94 bits per heavy atom. The Morgan fingerprint density at radius 3 is 2.41 bits per heavy atom. The van der Waals surface area contributed by atoms with Crippen LogP contribution in [0.4, 0.5) is 4.39 Å². The van der Waals surface area contributed by atoms with Gasteiger partial charge < -0.3 is 10.8 Å². The van der Waals surface area contributed by atoms with Crippen LogP contribution in [0.25, 0.3) is 0 Å². The molecule has 1 rings (SSSR count). The van der Waals surface area contributed by atoms with E-state index in [1.165, 1.54) is 12.1 Å². The minimum atomic E-state index is -0.236. The van der Waals surface area contributed by atoms with Crippen LogP contribution in [-0.2, 0) is 6.54 Å². The number of nitrogens with two attached hydrogens (primary N) is 1. The molecule has 0 aliphatic rings. The highest BCUT2D eigenvalue weighted by atomic mass is 19.1. The summed E-state index contributed by atoms with van der Waals surface area (Å²) in [6.45, 7) is 2.69. The van der Waals surface area contributed by atoms with Crippen molar-refractivity contribution in [3.63, 3.8) is 0 Å². The van der Waals surface area contributed by atoms with Crippen LogP contribution in [0.1, 0.15) is 18.9 Å². The fraction of sp³-hybridized carbons (Fsp3) is 0.538. The fourth-order valence-corrected chi connectivity index (χ4v) is 1.87. The number of aliphatic hydroxyl groups excluding tert-OH is 1. The Bertz CT molecular complexity index is 329. The van der Waals surface area contributed by atoms with Gasteiger partial charge in [-0.3, -0.25) is 4.90 Å². The first-order valence-electron chi connectivity index (χ1n) is 5.89. The van der Waals surface area contributed by atoms with Crippen LogP contribution in [0.3, 0.4) is 0 Å². The zero-order valence-corrected chi connectivity index (χ0v) is 10.4. The molecule has 0 fully saturated rings. The van der Waals surface area contributed by atoms with Crippen LogP contribution in [0.2, 0.25) is 0 Å². The molecule has 4 heteroatoms. The standard InChI is InChI=1S/C13H21FN2O/c1-3-12(15)13(9-17)16(2)8-10-4-6-11(14)7-5-10/h4-7,12-13,17H,3,8-9,15H2,1-2H3. The van der Waals surface area contributed by atoms with E-state index in [0.717, 1.165) is 12.0 Å². The average Bonchev–Trinajstić information content (AvgIpc) is 2.32. The van der Waals surface area contributed by atoms with Crippen molar-refractivity contribution in [1.29, 1.82) is 0 Å². The molecule has 0 amide bonds. The third-order valence-electron chi connectivity index (χ3n) is 3.06. The molecule has 0 spiro atoms. The van der Waals surface area contributed by atoms with E-state index in [-0.39, 0.29) is 24.5 Å². The summed E-state index contributed by atoms with van der Waals surface area (Å²) in [7, 11) is 1.92. The van der Waals surface area contributed by atoms with Crippen molar-refractivity contribution in [2.75, 3.05) is 13.7 Å². The van der Waals surface area contributed by atoms with Gasteiger partial charge in [0.1, 0.15) is 5.82 Å². The van der Waals surface area contributed by atoms with Crippen molar-refractivity contribution in [1.82, 2.24) is 4.90 Å². The van der Waals surface area contributed by atoms with Crippen molar-refractivity contribution in [3.05, 3.63) is 35.6 Å². The topological polar surface area (TPSA) is 49.5 Å². The van der Waals surface area contributed by atoms with Crippen LogP contribution >= 0.6 is 0 Å². The van der Waals surface area contributed by atoms with E-state index in [1.807, 2.05) is 18.9 Å². The molecular weight excluding hydrogens is 219 g/mol. The lowest BCUT2D eigenvalue weighted by Gasteiger charge is -2.30. The number of hydrogen-bond donors (Lipinski definition) is 2. The zero-order chi connectivity index (χ0) is 12.8. The highest BCUT2D eigenvalue weighted by Crippen LogP contribution is 2.10. The van der Waals surface area contributed by atoms with E-state index in [2.05, 4.69) is 0 Å². The van der Waals surface area contributed by atoms with Gasteiger partial charge in [-0.2, -0.15) is 0 Å².